The molecule has 2 aromatic heterocycles. The first-order valence-electron chi connectivity index (χ1n) is 7.30. The zero-order valence-electron chi connectivity index (χ0n) is 12.7. The van der Waals surface area contributed by atoms with Gasteiger partial charge >= 0.3 is 0 Å². The van der Waals surface area contributed by atoms with E-state index in [2.05, 4.69) is 22.1 Å². The molecule has 1 atom stereocenters. The molecule has 1 unspecified atom stereocenters. The van der Waals surface area contributed by atoms with Crippen molar-refractivity contribution in [2.75, 3.05) is 19.6 Å². The molecule has 1 N–H and O–H groups in total. The minimum absolute atomic E-state index is 0. The van der Waals surface area contributed by atoms with Gasteiger partial charge < -0.3 is 9.73 Å². The molecule has 0 saturated carbocycles. The summed E-state index contributed by atoms with van der Waals surface area (Å²) >= 11 is 1.66. The number of rotatable bonds is 6. The van der Waals surface area contributed by atoms with E-state index < -0.39 is 0 Å². The fraction of sp³-hybridized carbons (Fsp3) is 0.533. The number of hydrogen-bond acceptors (Lipinski definition) is 5. The van der Waals surface area contributed by atoms with Gasteiger partial charge in [0.25, 0.3) is 0 Å². The van der Waals surface area contributed by atoms with E-state index in [-0.39, 0.29) is 24.8 Å². The van der Waals surface area contributed by atoms with Crippen LogP contribution in [-0.2, 0) is 6.54 Å². The predicted octanol–water partition coefficient (Wildman–Crippen LogP) is 3.82. The van der Waals surface area contributed by atoms with Gasteiger partial charge in [0.05, 0.1) is 10.6 Å². The second-order valence-electron chi connectivity index (χ2n) is 5.24. The topological polar surface area (TPSA) is 41.3 Å². The summed E-state index contributed by atoms with van der Waals surface area (Å²) in [7, 11) is 0. The lowest BCUT2D eigenvalue weighted by atomic mass is 10.2. The van der Waals surface area contributed by atoms with E-state index in [4.69, 9.17) is 4.42 Å². The van der Waals surface area contributed by atoms with Crippen LogP contribution in [0.5, 0.6) is 0 Å². The summed E-state index contributed by atoms with van der Waals surface area (Å²) in [5.74, 6) is 0.746. The lowest BCUT2D eigenvalue weighted by Gasteiger charge is -2.26. The van der Waals surface area contributed by atoms with E-state index in [1.165, 1.54) is 12.8 Å². The molecule has 2 aromatic rings. The summed E-state index contributed by atoms with van der Waals surface area (Å²) < 4.78 is 5.61. The zero-order valence-corrected chi connectivity index (χ0v) is 15.1. The molecular weight excluding hydrogens is 341 g/mol. The summed E-state index contributed by atoms with van der Waals surface area (Å²) in [4.78, 5) is 8.25. The van der Waals surface area contributed by atoms with Crippen LogP contribution in [0.25, 0.3) is 10.8 Å². The van der Waals surface area contributed by atoms with Crippen LogP contribution in [0.15, 0.2) is 28.2 Å². The summed E-state index contributed by atoms with van der Waals surface area (Å²) in [5, 5.41) is 5.49. The van der Waals surface area contributed by atoms with Gasteiger partial charge in [0.1, 0.15) is 6.26 Å². The Labute approximate surface area is 148 Å². The first-order valence-corrected chi connectivity index (χ1v) is 8.18. The van der Waals surface area contributed by atoms with Crippen LogP contribution < -0.4 is 5.32 Å². The lowest BCUT2D eigenvalue weighted by molar-refractivity contribution is 0.197. The standard InChI is InChI=1S/C15H21N3OS.2ClH/c1-2-7-18(13-5-6-16-9-13)10-12-11-19-15(17-12)14-4-3-8-20-14;;/h3-4,8,11,13,16H,2,5-7,9-10H2,1H3;2*1H. The normalized spacial score (nSPS) is 17.3. The van der Waals surface area contributed by atoms with Crippen molar-refractivity contribution in [1.82, 2.24) is 15.2 Å². The van der Waals surface area contributed by atoms with Crippen LogP contribution in [-0.4, -0.2) is 35.6 Å². The molecule has 4 nitrogen and oxygen atoms in total. The number of nitrogens with one attached hydrogen (secondary N) is 1. The SMILES string of the molecule is CCCN(Cc1coc(-c2cccs2)n1)C1CCNC1.Cl.Cl. The third-order valence-corrected chi connectivity index (χ3v) is 4.57. The first kappa shape index (κ1) is 19.5. The Morgan fingerprint density at radius 3 is 2.95 bits per heavy atom. The summed E-state index contributed by atoms with van der Waals surface area (Å²) in [6.45, 7) is 6.46. The van der Waals surface area contributed by atoms with Crippen molar-refractivity contribution in [3.8, 4) is 10.8 Å². The van der Waals surface area contributed by atoms with E-state index in [9.17, 15) is 0 Å². The van der Waals surface area contributed by atoms with Gasteiger partial charge in [0, 0.05) is 19.1 Å². The molecule has 3 rings (SSSR count). The maximum Gasteiger partial charge on any atom is 0.236 e. The van der Waals surface area contributed by atoms with Crippen LogP contribution in [0.1, 0.15) is 25.5 Å². The highest BCUT2D eigenvalue weighted by atomic mass is 35.5. The number of oxazole rings is 1. The highest BCUT2D eigenvalue weighted by Crippen LogP contribution is 2.24. The zero-order chi connectivity index (χ0) is 13.8. The average Bonchev–Trinajstić information content (AvgIpc) is 3.20. The molecule has 0 amide bonds. The van der Waals surface area contributed by atoms with Crippen molar-refractivity contribution in [2.24, 2.45) is 0 Å². The average molecular weight is 364 g/mol. The maximum atomic E-state index is 5.61. The van der Waals surface area contributed by atoms with Gasteiger partial charge in [0.2, 0.25) is 5.89 Å². The fourth-order valence-corrected chi connectivity index (χ4v) is 3.39. The van der Waals surface area contributed by atoms with Crippen molar-refractivity contribution >= 4 is 36.2 Å². The Morgan fingerprint density at radius 1 is 1.45 bits per heavy atom. The molecule has 0 radical (unpaired) electrons. The summed E-state index contributed by atoms with van der Waals surface area (Å²) in [6, 6.07) is 4.71. The molecule has 0 spiro atoms. The number of halogens is 2. The maximum absolute atomic E-state index is 5.61. The van der Waals surface area contributed by atoms with E-state index in [0.717, 1.165) is 42.6 Å². The second kappa shape index (κ2) is 9.53. The van der Waals surface area contributed by atoms with Gasteiger partial charge in [0.15, 0.2) is 0 Å². The number of thiophene rings is 1. The molecule has 7 heteroatoms. The van der Waals surface area contributed by atoms with Crippen LogP contribution in [0.3, 0.4) is 0 Å². The Bertz CT molecular complexity index is 527. The summed E-state index contributed by atoms with van der Waals surface area (Å²) in [6.07, 6.45) is 4.21. The molecule has 1 aliphatic heterocycles. The van der Waals surface area contributed by atoms with Gasteiger partial charge in [-0.3, -0.25) is 4.90 Å². The lowest BCUT2D eigenvalue weighted by Crippen LogP contribution is -2.37. The van der Waals surface area contributed by atoms with Gasteiger partial charge in [-0.1, -0.05) is 13.0 Å². The monoisotopic (exact) mass is 363 g/mol. The number of aromatic nitrogens is 1. The minimum Gasteiger partial charge on any atom is -0.444 e. The van der Waals surface area contributed by atoms with Crippen molar-refractivity contribution in [3.05, 3.63) is 29.5 Å². The molecule has 1 fully saturated rings. The van der Waals surface area contributed by atoms with Crippen LogP contribution >= 0.6 is 36.2 Å². The van der Waals surface area contributed by atoms with Gasteiger partial charge in [-0.25, -0.2) is 4.98 Å². The highest BCUT2D eigenvalue weighted by molar-refractivity contribution is 7.13. The smallest absolute Gasteiger partial charge is 0.236 e. The molecule has 0 aliphatic carbocycles. The molecule has 0 aromatic carbocycles. The third kappa shape index (κ3) is 4.70. The largest absolute Gasteiger partial charge is 0.444 e. The van der Waals surface area contributed by atoms with Gasteiger partial charge in [-0.2, -0.15) is 0 Å². The Hall–Kier alpha value is -0.590. The number of nitrogens with zero attached hydrogens (tertiary/aromatic N) is 2. The molecule has 0 bridgehead atoms. The molecule has 22 heavy (non-hydrogen) atoms. The van der Waals surface area contributed by atoms with Crippen LogP contribution in [0.2, 0.25) is 0 Å². The Balaban J connectivity index is 0.00000121. The van der Waals surface area contributed by atoms with Gasteiger partial charge in [-0.05, 0) is 37.4 Å². The quantitative estimate of drug-likeness (QED) is 0.846. The van der Waals surface area contributed by atoms with Crippen molar-refractivity contribution in [2.45, 2.75) is 32.4 Å². The van der Waals surface area contributed by atoms with E-state index in [1.807, 2.05) is 17.5 Å². The fourth-order valence-electron chi connectivity index (χ4n) is 2.73. The van der Waals surface area contributed by atoms with E-state index >= 15 is 0 Å². The van der Waals surface area contributed by atoms with Crippen molar-refractivity contribution in [1.29, 1.82) is 0 Å². The van der Waals surface area contributed by atoms with Crippen molar-refractivity contribution in [3.63, 3.8) is 0 Å². The Kier molecular flexibility index (Phi) is 8.43. The molecule has 3 heterocycles. The molecular formula is C15H23Cl2N3OS. The van der Waals surface area contributed by atoms with Crippen molar-refractivity contribution < 1.29 is 4.42 Å². The third-order valence-electron chi connectivity index (χ3n) is 3.71. The van der Waals surface area contributed by atoms with Crippen LogP contribution in [0, 0.1) is 0 Å². The minimum atomic E-state index is 0. The van der Waals surface area contributed by atoms with E-state index in [1.54, 1.807) is 17.6 Å². The highest BCUT2D eigenvalue weighted by Gasteiger charge is 2.22. The first-order chi connectivity index (χ1) is 9.86. The molecule has 1 aliphatic rings. The van der Waals surface area contributed by atoms with Gasteiger partial charge in [-0.15, -0.1) is 36.2 Å². The predicted molar refractivity (Wildman–Crippen MR) is 96.3 cm³/mol. The Morgan fingerprint density at radius 2 is 2.32 bits per heavy atom. The number of hydrogen-bond donors (Lipinski definition) is 1. The molecule has 124 valence electrons. The summed E-state index contributed by atoms with van der Waals surface area (Å²) in [5.41, 5.74) is 1.04. The van der Waals surface area contributed by atoms with E-state index in [0.29, 0.717) is 6.04 Å². The second-order valence-corrected chi connectivity index (χ2v) is 6.19. The van der Waals surface area contributed by atoms with Crippen LogP contribution in [0.4, 0.5) is 0 Å². The molecule has 1 saturated heterocycles.